The van der Waals surface area contributed by atoms with Crippen LogP contribution >= 0.6 is 12.2 Å². The highest BCUT2D eigenvalue weighted by molar-refractivity contribution is 7.87. The van der Waals surface area contributed by atoms with Crippen molar-refractivity contribution in [1.29, 1.82) is 0 Å². The third-order valence-electron chi connectivity index (χ3n) is 1.45. The van der Waals surface area contributed by atoms with Crippen LogP contribution in [0.1, 0.15) is 13.8 Å². The van der Waals surface area contributed by atoms with Gasteiger partial charge in [0.25, 0.3) is 10.2 Å². The molecule has 0 amide bonds. The lowest BCUT2D eigenvalue weighted by Gasteiger charge is -2.24. The lowest BCUT2D eigenvalue weighted by molar-refractivity contribution is 0.386. The van der Waals surface area contributed by atoms with Gasteiger partial charge in [0.1, 0.15) is 0 Å². The molecule has 0 saturated heterocycles. The Morgan fingerprint density at radius 2 is 2.08 bits per heavy atom. The standard InChI is InChI=1S/C6H15N3O2S2/c1-5(2)9(4-6(7)12)13(10,11)8-3/h5,8H,4H2,1-3H3,(H2,7,12). The van der Waals surface area contributed by atoms with Gasteiger partial charge < -0.3 is 5.73 Å². The molecular weight excluding hydrogens is 210 g/mol. The number of rotatable bonds is 5. The summed E-state index contributed by atoms with van der Waals surface area (Å²) in [6.07, 6.45) is 0. The van der Waals surface area contributed by atoms with Gasteiger partial charge in [0.15, 0.2) is 0 Å². The Bertz CT molecular complexity index is 274. The summed E-state index contributed by atoms with van der Waals surface area (Å²) in [4.78, 5) is 0.160. The Labute approximate surface area is 84.5 Å². The molecule has 0 aliphatic heterocycles. The van der Waals surface area contributed by atoms with Crippen molar-refractivity contribution in [3.63, 3.8) is 0 Å². The van der Waals surface area contributed by atoms with E-state index in [0.29, 0.717) is 0 Å². The Balaban J connectivity index is 4.72. The lowest BCUT2D eigenvalue weighted by atomic mass is 10.4. The highest BCUT2D eigenvalue weighted by Gasteiger charge is 2.23. The smallest absolute Gasteiger partial charge is 0.279 e. The monoisotopic (exact) mass is 225 g/mol. The van der Waals surface area contributed by atoms with Crippen LogP contribution < -0.4 is 10.5 Å². The van der Waals surface area contributed by atoms with Gasteiger partial charge in [0.05, 0.1) is 11.5 Å². The molecule has 0 unspecified atom stereocenters. The first-order chi connectivity index (χ1) is 5.81. The predicted molar refractivity (Wildman–Crippen MR) is 56.6 cm³/mol. The molecule has 0 atom stereocenters. The maximum Gasteiger partial charge on any atom is 0.279 e. The normalized spacial score (nSPS) is 12.4. The van der Waals surface area contributed by atoms with Crippen molar-refractivity contribution in [1.82, 2.24) is 9.03 Å². The van der Waals surface area contributed by atoms with Crippen LogP contribution in [0.5, 0.6) is 0 Å². The van der Waals surface area contributed by atoms with Crippen molar-refractivity contribution in [2.45, 2.75) is 19.9 Å². The number of nitrogens with zero attached hydrogens (tertiary/aromatic N) is 1. The third-order valence-corrected chi connectivity index (χ3v) is 3.27. The molecule has 5 nitrogen and oxygen atoms in total. The van der Waals surface area contributed by atoms with E-state index in [4.69, 9.17) is 5.73 Å². The van der Waals surface area contributed by atoms with Crippen molar-refractivity contribution >= 4 is 27.4 Å². The molecule has 0 heterocycles. The van der Waals surface area contributed by atoms with Gasteiger partial charge in [0.2, 0.25) is 0 Å². The van der Waals surface area contributed by atoms with Gasteiger partial charge in [-0.25, -0.2) is 4.72 Å². The van der Waals surface area contributed by atoms with Crippen LogP contribution in [-0.4, -0.2) is 37.3 Å². The number of nitrogens with two attached hydrogens (primary N) is 1. The second-order valence-corrected chi connectivity index (χ2v) is 5.17. The van der Waals surface area contributed by atoms with E-state index < -0.39 is 10.2 Å². The molecule has 0 rings (SSSR count). The Hall–Kier alpha value is -0.240. The summed E-state index contributed by atoms with van der Waals surface area (Å²) in [5, 5.41) is 0. The van der Waals surface area contributed by atoms with Crippen LogP contribution in [0.25, 0.3) is 0 Å². The van der Waals surface area contributed by atoms with Crippen molar-refractivity contribution in [2.75, 3.05) is 13.6 Å². The molecule has 0 radical (unpaired) electrons. The summed E-state index contributed by atoms with van der Waals surface area (Å²) < 4.78 is 26.2. The molecule has 0 saturated carbocycles. The molecule has 7 heteroatoms. The van der Waals surface area contributed by atoms with Gasteiger partial charge in [-0.05, 0) is 13.8 Å². The van der Waals surface area contributed by atoms with E-state index in [1.807, 2.05) is 0 Å². The molecule has 0 aliphatic carbocycles. The average molecular weight is 225 g/mol. The molecule has 0 bridgehead atoms. The first-order valence-corrected chi connectivity index (χ1v) is 5.64. The van der Waals surface area contributed by atoms with Crippen molar-refractivity contribution in [3.05, 3.63) is 0 Å². The molecule has 0 aromatic carbocycles. The maximum absolute atomic E-state index is 11.4. The van der Waals surface area contributed by atoms with E-state index in [-0.39, 0.29) is 17.6 Å². The average Bonchev–Trinajstić information content (AvgIpc) is 1.99. The van der Waals surface area contributed by atoms with Crippen molar-refractivity contribution in [3.8, 4) is 0 Å². The zero-order chi connectivity index (χ0) is 10.6. The van der Waals surface area contributed by atoms with Gasteiger partial charge >= 0.3 is 0 Å². The van der Waals surface area contributed by atoms with Crippen LogP contribution in [0.15, 0.2) is 0 Å². The summed E-state index contributed by atoms with van der Waals surface area (Å²) in [5.74, 6) is 0. The number of hydrogen-bond donors (Lipinski definition) is 2. The van der Waals surface area contributed by atoms with Gasteiger partial charge in [-0.1, -0.05) is 12.2 Å². The minimum Gasteiger partial charge on any atom is -0.392 e. The largest absolute Gasteiger partial charge is 0.392 e. The van der Waals surface area contributed by atoms with E-state index >= 15 is 0 Å². The quantitative estimate of drug-likeness (QED) is 0.615. The summed E-state index contributed by atoms with van der Waals surface area (Å²) in [7, 11) is -2.09. The third kappa shape index (κ3) is 3.99. The fourth-order valence-corrected chi connectivity index (χ4v) is 2.14. The first kappa shape index (κ1) is 12.8. The van der Waals surface area contributed by atoms with Gasteiger partial charge in [-0.3, -0.25) is 0 Å². The molecule has 78 valence electrons. The molecule has 0 spiro atoms. The first-order valence-electron chi connectivity index (χ1n) is 3.80. The maximum atomic E-state index is 11.4. The number of hydrogen-bond acceptors (Lipinski definition) is 3. The van der Waals surface area contributed by atoms with Gasteiger partial charge in [-0.2, -0.15) is 12.7 Å². The molecule has 0 fully saturated rings. The second kappa shape index (κ2) is 4.85. The van der Waals surface area contributed by atoms with Crippen LogP contribution in [0, 0.1) is 0 Å². The lowest BCUT2D eigenvalue weighted by Crippen LogP contribution is -2.46. The number of nitrogens with one attached hydrogen (secondary N) is 1. The van der Waals surface area contributed by atoms with Crippen LogP contribution in [-0.2, 0) is 10.2 Å². The van der Waals surface area contributed by atoms with Gasteiger partial charge in [-0.15, -0.1) is 0 Å². The van der Waals surface area contributed by atoms with E-state index in [1.54, 1.807) is 13.8 Å². The minimum atomic E-state index is -3.44. The van der Waals surface area contributed by atoms with E-state index in [2.05, 4.69) is 16.9 Å². The molecule has 0 aromatic heterocycles. The van der Waals surface area contributed by atoms with E-state index in [0.717, 1.165) is 0 Å². The van der Waals surface area contributed by atoms with Crippen molar-refractivity contribution < 1.29 is 8.42 Å². The molecular formula is C6H15N3O2S2. The van der Waals surface area contributed by atoms with E-state index in [9.17, 15) is 8.42 Å². The van der Waals surface area contributed by atoms with Crippen LogP contribution in [0.2, 0.25) is 0 Å². The highest BCUT2D eigenvalue weighted by Crippen LogP contribution is 2.03. The van der Waals surface area contributed by atoms with Crippen LogP contribution in [0.4, 0.5) is 0 Å². The predicted octanol–water partition coefficient (Wildman–Crippen LogP) is -0.553. The number of thiocarbonyl (C=S) groups is 1. The molecule has 3 N–H and O–H groups in total. The Morgan fingerprint density at radius 3 is 2.31 bits per heavy atom. The molecule has 0 aromatic rings. The minimum absolute atomic E-state index is 0.0656. The Morgan fingerprint density at radius 1 is 1.62 bits per heavy atom. The summed E-state index contributed by atoms with van der Waals surface area (Å²) in [6.45, 7) is 3.58. The topological polar surface area (TPSA) is 75.4 Å². The highest BCUT2D eigenvalue weighted by atomic mass is 32.2. The van der Waals surface area contributed by atoms with Crippen molar-refractivity contribution in [2.24, 2.45) is 5.73 Å². The van der Waals surface area contributed by atoms with Gasteiger partial charge in [0, 0.05) is 13.1 Å². The summed E-state index contributed by atoms with van der Waals surface area (Å²) >= 11 is 4.65. The zero-order valence-corrected chi connectivity index (χ0v) is 9.58. The van der Waals surface area contributed by atoms with E-state index in [1.165, 1.54) is 11.4 Å². The fraction of sp³-hybridized carbons (Fsp3) is 0.833. The fourth-order valence-electron chi connectivity index (χ4n) is 0.816. The molecule has 13 heavy (non-hydrogen) atoms. The zero-order valence-electron chi connectivity index (χ0n) is 7.94. The summed E-state index contributed by atoms with van der Waals surface area (Å²) in [5.41, 5.74) is 5.28. The summed E-state index contributed by atoms with van der Waals surface area (Å²) in [6, 6.07) is -0.168. The Kier molecular flexibility index (Phi) is 4.76. The molecule has 0 aliphatic rings. The van der Waals surface area contributed by atoms with Crippen LogP contribution in [0.3, 0.4) is 0 Å². The second-order valence-electron chi connectivity index (χ2n) is 2.81. The SMILES string of the molecule is CNS(=O)(=O)N(CC(N)=S)C(C)C.